The molecule has 0 bridgehead atoms. The van der Waals surface area contributed by atoms with E-state index in [-0.39, 0.29) is 24.1 Å². The Morgan fingerprint density at radius 1 is 1.18 bits per heavy atom. The van der Waals surface area contributed by atoms with Gasteiger partial charge in [-0.15, -0.1) is 0 Å². The van der Waals surface area contributed by atoms with Gasteiger partial charge >= 0.3 is 0 Å². The first-order chi connectivity index (χ1) is 13.6. The van der Waals surface area contributed by atoms with Crippen molar-refractivity contribution in [3.05, 3.63) is 54.0 Å². The fourth-order valence-electron chi connectivity index (χ4n) is 3.46. The molecule has 1 saturated heterocycles. The van der Waals surface area contributed by atoms with Gasteiger partial charge in [0.25, 0.3) is 5.91 Å². The molecule has 7 heteroatoms. The van der Waals surface area contributed by atoms with Crippen molar-refractivity contribution in [2.75, 3.05) is 30.3 Å². The highest BCUT2D eigenvalue weighted by molar-refractivity contribution is 6.12. The van der Waals surface area contributed by atoms with Gasteiger partial charge in [0.15, 0.2) is 11.5 Å². The summed E-state index contributed by atoms with van der Waals surface area (Å²) < 4.78 is 5.81. The second kappa shape index (κ2) is 7.72. The fourth-order valence-corrected chi connectivity index (χ4v) is 3.46. The third kappa shape index (κ3) is 3.69. The molecule has 1 fully saturated rings. The minimum Gasteiger partial charge on any atom is -0.449 e. The zero-order valence-corrected chi connectivity index (χ0v) is 15.5. The molecule has 1 aromatic carbocycles. The van der Waals surface area contributed by atoms with Gasteiger partial charge in [-0.1, -0.05) is 6.07 Å². The molecule has 4 rings (SSSR count). The number of fused-ring (bicyclic) bond motifs is 1. The number of hydrogen-bond donors (Lipinski definition) is 1. The van der Waals surface area contributed by atoms with Crippen molar-refractivity contribution in [2.24, 2.45) is 0 Å². The molecule has 0 atom stereocenters. The summed E-state index contributed by atoms with van der Waals surface area (Å²) >= 11 is 0. The van der Waals surface area contributed by atoms with Crippen LogP contribution < -0.4 is 15.4 Å². The monoisotopic (exact) mass is 378 g/mol. The molecule has 3 heterocycles. The van der Waals surface area contributed by atoms with Crippen molar-refractivity contribution >= 4 is 29.3 Å². The van der Waals surface area contributed by atoms with E-state index < -0.39 is 0 Å². The Balaban J connectivity index is 1.66. The molecular formula is C21H22N4O3. The molecular weight excluding hydrogens is 356 g/mol. The molecule has 2 aromatic rings. The van der Waals surface area contributed by atoms with Gasteiger partial charge in [-0.3, -0.25) is 19.5 Å². The Morgan fingerprint density at radius 3 is 2.75 bits per heavy atom. The SMILES string of the molecule is Nc1ccc2c(c1)O/C(=C/c1ccccn1)C(=O)N2CC(=O)N1CCCCC1. The van der Waals surface area contributed by atoms with Crippen molar-refractivity contribution in [1.82, 2.24) is 9.88 Å². The molecule has 2 amide bonds. The van der Waals surface area contributed by atoms with E-state index in [0.29, 0.717) is 22.8 Å². The summed E-state index contributed by atoms with van der Waals surface area (Å²) in [6.07, 6.45) is 6.36. The minimum absolute atomic E-state index is 0.0291. The number of likely N-dealkylation sites (tertiary alicyclic amines) is 1. The lowest BCUT2D eigenvalue weighted by molar-refractivity contribution is -0.132. The van der Waals surface area contributed by atoms with E-state index in [1.54, 1.807) is 42.6 Å². The molecule has 0 saturated carbocycles. The highest BCUT2D eigenvalue weighted by atomic mass is 16.5. The van der Waals surface area contributed by atoms with Gasteiger partial charge in [-0.25, -0.2) is 0 Å². The summed E-state index contributed by atoms with van der Waals surface area (Å²) in [7, 11) is 0. The maximum Gasteiger partial charge on any atom is 0.294 e. The lowest BCUT2D eigenvalue weighted by Gasteiger charge is -2.33. The van der Waals surface area contributed by atoms with Gasteiger partial charge in [0.1, 0.15) is 6.54 Å². The number of piperidine rings is 1. The predicted octanol–water partition coefficient (Wildman–Crippen LogP) is 2.44. The average Bonchev–Trinajstić information content (AvgIpc) is 2.72. The number of nitrogens with two attached hydrogens (primary N) is 1. The summed E-state index contributed by atoms with van der Waals surface area (Å²) in [6.45, 7) is 1.45. The van der Waals surface area contributed by atoms with Crippen LogP contribution in [0.25, 0.3) is 6.08 Å². The van der Waals surface area contributed by atoms with E-state index in [4.69, 9.17) is 10.5 Å². The quantitative estimate of drug-likeness (QED) is 0.655. The summed E-state index contributed by atoms with van der Waals surface area (Å²) in [5.74, 6) is 0.139. The largest absolute Gasteiger partial charge is 0.449 e. The van der Waals surface area contributed by atoms with Gasteiger partial charge in [0, 0.05) is 37.1 Å². The molecule has 0 radical (unpaired) electrons. The predicted molar refractivity (Wildman–Crippen MR) is 106 cm³/mol. The normalized spacial score (nSPS) is 18.0. The summed E-state index contributed by atoms with van der Waals surface area (Å²) in [5.41, 5.74) is 7.55. The van der Waals surface area contributed by atoms with Gasteiger partial charge in [0.05, 0.1) is 11.4 Å². The molecule has 0 aliphatic carbocycles. The number of pyridine rings is 1. The fraction of sp³-hybridized carbons (Fsp3) is 0.286. The number of aromatic nitrogens is 1. The molecule has 7 nitrogen and oxygen atoms in total. The minimum atomic E-state index is -0.367. The topological polar surface area (TPSA) is 88.8 Å². The van der Waals surface area contributed by atoms with Crippen LogP contribution >= 0.6 is 0 Å². The number of hydrogen-bond acceptors (Lipinski definition) is 5. The first-order valence-electron chi connectivity index (χ1n) is 9.41. The van der Waals surface area contributed by atoms with E-state index in [2.05, 4.69) is 4.98 Å². The summed E-state index contributed by atoms with van der Waals surface area (Å²) in [4.78, 5) is 33.4. The number of nitrogens with zero attached hydrogens (tertiary/aromatic N) is 3. The number of anilines is 2. The van der Waals surface area contributed by atoms with Crippen LogP contribution in [0, 0.1) is 0 Å². The van der Waals surface area contributed by atoms with Crippen LogP contribution in [0.4, 0.5) is 11.4 Å². The maximum atomic E-state index is 13.1. The van der Waals surface area contributed by atoms with Crippen molar-refractivity contribution in [3.8, 4) is 5.75 Å². The Morgan fingerprint density at radius 2 is 2.00 bits per heavy atom. The van der Waals surface area contributed by atoms with E-state index in [0.717, 1.165) is 32.4 Å². The lowest BCUT2D eigenvalue weighted by atomic mass is 10.1. The number of ether oxygens (including phenoxy) is 1. The third-order valence-electron chi connectivity index (χ3n) is 4.92. The van der Waals surface area contributed by atoms with Crippen LogP contribution in [-0.4, -0.2) is 41.3 Å². The second-order valence-corrected chi connectivity index (χ2v) is 6.93. The van der Waals surface area contributed by atoms with Crippen LogP contribution in [0.15, 0.2) is 48.4 Å². The highest BCUT2D eigenvalue weighted by Crippen LogP contribution is 2.37. The zero-order valence-electron chi connectivity index (χ0n) is 15.5. The third-order valence-corrected chi connectivity index (χ3v) is 4.92. The number of carbonyl (C=O) groups excluding carboxylic acids is 2. The van der Waals surface area contributed by atoms with E-state index >= 15 is 0 Å². The van der Waals surface area contributed by atoms with Crippen LogP contribution in [-0.2, 0) is 9.59 Å². The molecule has 1 aromatic heterocycles. The van der Waals surface area contributed by atoms with Crippen molar-refractivity contribution in [2.45, 2.75) is 19.3 Å². The maximum absolute atomic E-state index is 13.1. The molecule has 2 N–H and O–H groups in total. The Bertz CT molecular complexity index is 921. The lowest BCUT2D eigenvalue weighted by Crippen LogP contribution is -2.47. The number of nitrogen functional groups attached to an aromatic ring is 1. The number of carbonyl (C=O) groups is 2. The Hall–Kier alpha value is -3.35. The number of amides is 2. The van der Waals surface area contributed by atoms with E-state index in [1.165, 1.54) is 4.90 Å². The number of benzene rings is 1. The molecule has 144 valence electrons. The van der Waals surface area contributed by atoms with Crippen LogP contribution in [0.3, 0.4) is 0 Å². The van der Waals surface area contributed by atoms with Crippen LogP contribution in [0.1, 0.15) is 25.0 Å². The Kier molecular flexibility index (Phi) is 4.97. The summed E-state index contributed by atoms with van der Waals surface area (Å²) in [5, 5.41) is 0. The highest BCUT2D eigenvalue weighted by Gasteiger charge is 2.33. The van der Waals surface area contributed by atoms with Gasteiger partial charge in [-0.05, 0) is 43.5 Å². The molecule has 2 aliphatic heterocycles. The van der Waals surface area contributed by atoms with Crippen LogP contribution in [0.2, 0.25) is 0 Å². The molecule has 28 heavy (non-hydrogen) atoms. The van der Waals surface area contributed by atoms with E-state index in [1.807, 2.05) is 11.0 Å². The van der Waals surface area contributed by atoms with E-state index in [9.17, 15) is 9.59 Å². The zero-order chi connectivity index (χ0) is 19.5. The first-order valence-corrected chi connectivity index (χ1v) is 9.41. The van der Waals surface area contributed by atoms with Gasteiger partial charge < -0.3 is 15.4 Å². The molecule has 0 spiro atoms. The average molecular weight is 378 g/mol. The second-order valence-electron chi connectivity index (χ2n) is 6.93. The smallest absolute Gasteiger partial charge is 0.294 e. The van der Waals surface area contributed by atoms with Gasteiger partial charge in [-0.2, -0.15) is 0 Å². The standard InChI is InChI=1S/C21H22N4O3/c22-15-7-8-17-18(12-15)28-19(13-16-6-2-3-9-23-16)21(27)25(17)14-20(26)24-10-4-1-5-11-24/h2-3,6-9,12-13H,1,4-5,10-11,14,22H2/b19-13+. The molecule has 2 aliphatic rings. The first kappa shape index (κ1) is 18.0. The van der Waals surface area contributed by atoms with Crippen molar-refractivity contribution in [3.63, 3.8) is 0 Å². The Labute approximate surface area is 163 Å². The van der Waals surface area contributed by atoms with Crippen molar-refractivity contribution < 1.29 is 14.3 Å². The van der Waals surface area contributed by atoms with Crippen molar-refractivity contribution in [1.29, 1.82) is 0 Å². The summed E-state index contributed by atoms with van der Waals surface area (Å²) in [6, 6.07) is 10.5. The number of rotatable bonds is 3. The molecule has 0 unspecified atom stereocenters. The van der Waals surface area contributed by atoms with Gasteiger partial charge in [0.2, 0.25) is 5.91 Å². The van der Waals surface area contributed by atoms with Crippen LogP contribution in [0.5, 0.6) is 5.75 Å².